The smallest absolute Gasteiger partial charge is 0.155 e. The van der Waals surface area contributed by atoms with E-state index in [1.807, 2.05) is 0 Å². The van der Waals surface area contributed by atoms with Crippen molar-refractivity contribution < 1.29 is 19.1 Å². The molecule has 3 heterocycles. The van der Waals surface area contributed by atoms with E-state index in [4.69, 9.17) is 9.47 Å². The first-order chi connectivity index (χ1) is 20.7. The second-order valence-electron chi connectivity index (χ2n) is 13.4. The molecule has 2 aliphatic rings. The monoisotopic (exact) mass is 589 g/mol. The highest BCUT2D eigenvalue weighted by Gasteiger charge is 2.41. The Hall–Kier alpha value is -2.58. The van der Waals surface area contributed by atoms with Crippen molar-refractivity contribution in [2.24, 2.45) is 11.8 Å². The molecule has 234 valence electrons. The molecule has 5 rings (SSSR count). The van der Waals surface area contributed by atoms with Crippen LogP contribution in [0.15, 0.2) is 48.5 Å². The molecule has 43 heavy (non-hydrogen) atoms. The molecule has 0 radical (unpaired) electrons. The summed E-state index contributed by atoms with van der Waals surface area (Å²) in [6, 6.07) is 17.1. The maximum absolute atomic E-state index is 14.5. The molecule has 0 spiro atoms. The zero-order chi connectivity index (χ0) is 30.6. The van der Waals surface area contributed by atoms with E-state index in [9.17, 15) is 9.59 Å². The van der Waals surface area contributed by atoms with Gasteiger partial charge in [0.1, 0.15) is 0 Å². The predicted molar refractivity (Wildman–Crippen MR) is 174 cm³/mol. The summed E-state index contributed by atoms with van der Waals surface area (Å²) in [6.07, 6.45) is 2.97. The summed E-state index contributed by atoms with van der Waals surface area (Å²) in [7, 11) is 0. The highest BCUT2D eigenvalue weighted by Crippen LogP contribution is 2.33. The van der Waals surface area contributed by atoms with E-state index in [1.54, 1.807) is 0 Å². The highest BCUT2D eigenvalue weighted by molar-refractivity contribution is 6.08. The zero-order valence-corrected chi connectivity index (χ0v) is 26.9. The molecule has 2 fully saturated rings. The number of carbonyl (C=O) groups excluding carboxylic acids is 2. The lowest BCUT2D eigenvalue weighted by Crippen LogP contribution is -2.56. The number of hydrogen-bond donors (Lipinski definition) is 0. The Labute approximate surface area is 257 Å². The van der Waals surface area contributed by atoms with E-state index >= 15 is 0 Å². The van der Waals surface area contributed by atoms with Gasteiger partial charge in [0.2, 0.25) is 0 Å². The molecule has 0 saturated carbocycles. The fourth-order valence-electron chi connectivity index (χ4n) is 7.41. The number of morpholine rings is 2. The van der Waals surface area contributed by atoms with Gasteiger partial charge in [-0.05, 0) is 65.5 Å². The summed E-state index contributed by atoms with van der Waals surface area (Å²) < 4.78 is 13.6. The van der Waals surface area contributed by atoms with E-state index in [1.165, 1.54) is 21.8 Å². The Bertz CT molecular complexity index is 1340. The van der Waals surface area contributed by atoms with Crippen LogP contribution in [0.1, 0.15) is 60.3 Å². The van der Waals surface area contributed by atoms with Crippen LogP contribution in [-0.4, -0.2) is 89.6 Å². The average Bonchev–Trinajstić information content (AvgIpc) is 3.36. The number of benzene rings is 2. The first-order valence-corrected chi connectivity index (χ1v) is 16.4. The summed E-state index contributed by atoms with van der Waals surface area (Å²) in [5.41, 5.74) is 1.28. The molecule has 3 aromatic rings. The Kier molecular flexibility index (Phi) is 10.1. The minimum atomic E-state index is -0.589. The lowest BCUT2D eigenvalue weighted by Gasteiger charge is -2.42. The number of ether oxygens (including phenoxy) is 2. The quantitative estimate of drug-likeness (QED) is 0.245. The van der Waals surface area contributed by atoms with E-state index in [2.05, 4.69) is 97.5 Å². The Morgan fingerprint density at radius 1 is 0.674 bits per heavy atom. The van der Waals surface area contributed by atoms with Crippen molar-refractivity contribution >= 4 is 33.4 Å². The molecule has 0 bridgehead atoms. The third kappa shape index (κ3) is 6.60. The molecular weight excluding hydrogens is 538 g/mol. The van der Waals surface area contributed by atoms with Crippen molar-refractivity contribution in [1.29, 1.82) is 0 Å². The fourth-order valence-corrected chi connectivity index (χ4v) is 7.41. The van der Waals surface area contributed by atoms with E-state index < -0.39 is 11.1 Å². The maximum atomic E-state index is 14.5. The van der Waals surface area contributed by atoms with Crippen molar-refractivity contribution in [3.8, 4) is 0 Å². The van der Waals surface area contributed by atoms with Crippen molar-refractivity contribution in [1.82, 2.24) is 14.4 Å². The summed E-state index contributed by atoms with van der Waals surface area (Å²) in [5.74, 6) is 0.349. The Morgan fingerprint density at radius 3 is 1.56 bits per heavy atom. The minimum Gasteiger partial charge on any atom is -0.379 e. The molecule has 0 amide bonds. The van der Waals surface area contributed by atoms with Gasteiger partial charge in [0.25, 0.3) is 0 Å². The molecule has 7 heteroatoms. The van der Waals surface area contributed by atoms with Crippen LogP contribution in [-0.2, 0) is 25.6 Å². The second kappa shape index (κ2) is 13.6. The van der Waals surface area contributed by atoms with Crippen molar-refractivity contribution in [2.45, 2.75) is 77.9 Å². The van der Waals surface area contributed by atoms with Crippen molar-refractivity contribution in [2.75, 3.05) is 52.6 Å². The number of nitrogens with zero attached hydrogens (tertiary/aromatic N) is 3. The summed E-state index contributed by atoms with van der Waals surface area (Å²) in [6.45, 7) is 16.9. The average molecular weight is 590 g/mol. The third-order valence-electron chi connectivity index (χ3n) is 10.3. The maximum Gasteiger partial charge on any atom is 0.155 e. The lowest BCUT2D eigenvalue weighted by atomic mass is 9.78. The minimum absolute atomic E-state index is 0.0760. The van der Waals surface area contributed by atoms with Crippen LogP contribution in [0.3, 0.4) is 0 Å². The van der Waals surface area contributed by atoms with E-state index in [-0.39, 0.29) is 23.4 Å². The number of para-hydroxylation sites is 2. The number of rotatable bonds is 13. The first kappa shape index (κ1) is 31.8. The molecule has 7 nitrogen and oxygen atoms in total. The molecule has 0 N–H and O–H groups in total. The van der Waals surface area contributed by atoms with Gasteiger partial charge in [0.15, 0.2) is 11.6 Å². The highest BCUT2D eigenvalue weighted by atomic mass is 16.5. The molecule has 2 aliphatic heterocycles. The van der Waals surface area contributed by atoms with Gasteiger partial charge in [-0.15, -0.1) is 0 Å². The van der Waals surface area contributed by atoms with Crippen LogP contribution < -0.4 is 0 Å². The van der Waals surface area contributed by atoms with Gasteiger partial charge < -0.3 is 14.0 Å². The van der Waals surface area contributed by atoms with Crippen LogP contribution in [0.25, 0.3) is 21.8 Å². The Balaban J connectivity index is 1.39. The number of fused-ring (bicyclic) bond motifs is 3. The Morgan fingerprint density at radius 2 is 1.09 bits per heavy atom. The second-order valence-corrected chi connectivity index (χ2v) is 13.4. The van der Waals surface area contributed by atoms with Gasteiger partial charge in [-0.3, -0.25) is 19.4 Å². The zero-order valence-electron chi connectivity index (χ0n) is 26.9. The number of aromatic nitrogens is 1. The topological polar surface area (TPSA) is 64.0 Å². The van der Waals surface area contributed by atoms with E-state index in [0.29, 0.717) is 32.8 Å². The number of carbonyl (C=O) groups is 2. The molecular formula is C36H51N3O4. The van der Waals surface area contributed by atoms with E-state index in [0.717, 1.165) is 52.0 Å². The van der Waals surface area contributed by atoms with Crippen LogP contribution >= 0.6 is 0 Å². The van der Waals surface area contributed by atoms with Crippen molar-refractivity contribution in [3.63, 3.8) is 0 Å². The standard InChI is InChI=1S/C36H51N3O4/c1-6-27(33(40)35(2,3)37-19-23-42-24-20-37)15-16-28(34(41)36(4,5)38-21-25-43-26-22-38)17-18-39-31-13-9-7-11-29(31)30-12-8-10-14-32(30)39/h7-14,27-28H,6,15-26H2,1-5H3. The number of hydrogen-bond acceptors (Lipinski definition) is 6. The largest absolute Gasteiger partial charge is 0.379 e. The van der Waals surface area contributed by atoms with Gasteiger partial charge in [-0.1, -0.05) is 43.3 Å². The van der Waals surface area contributed by atoms with Gasteiger partial charge in [-0.25, -0.2) is 0 Å². The predicted octanol–water partition coefficient (Wildman–Crippen LogP) is 5.97. The normalized spacial score (nSPS) is 19.1. The fraction of sp³-hybridized carbons (Fsp3) is 0.611. The van der Waals surface area contributed by atoms with Crippen LogP contribution in [0.5, 0.6) is 0 Å². The van der Waals surface area contributed by atoms with Gasteiger partial charge >= 0.3 is 0 Å². The molecule has 0 aliphatic carbocycles. The van der Waals surface area contributed by atoms with Crippen LogP contribution in [0, 0.1) is 11.8 Å². The molecule has 2 aromatic carbocycles. The van der Waals surface area contributed by atoms with Gasteiger partial charge in [-0.2, -0.15) is 0 Å². The summed E-state index contributed by atoms with van der Waals surface area (Å²) >= 11 is 0. The van der Waals surface area contributed by atoms with Crippen LogP contribution in [0.4, 0.5) is 0 Å². The first-order valence-electron chi connectivity index (χ1n) is 16.4. The number of Topliss-reactive ketones (excluding diaryl/α,β-unsaturated/α-hetero) is 2. The SMILES string of the molecule is CCC(CCC(CCn1c2ccccc2c2ccccc21)C(=O)C(C)(C)N1CCOCC1)C(=O)C(C)(C)N1CCOCC1. The molecule has 2 saturated heterocycles. The summed E-state index contributed by atoms with van der Waals surface area (Å²) in [4.78, 5) is 33.0. The molecule has 2 unspecified atom stereocenters. The van der Waals surface area contributed by atoms with Crippen molar-refractivity contribution in [3.05, 3.63) is 48.5 Å². The molecule has 1 aromatic heterocycles. The van der Waals surface area contributed by atoms with Crippen LogP contribution in [0.2, 0.25) is 0 Å². The lowest BCUT2D eigenvalue weighted by molar-refractivity contribution is -0.139. The third-order valence-corrected chi connectivity index (χ3v) is 10.3. The number of ketones is 2. The van der Waals surface area contributed by atoms with Gasteiger partial charge in [0, 0.05) is 66.4 Å². The number of aryl methyl sites for hydroxylation is 1. The molecule has 2 atom stereocenters. The summed E-state index contributed by atoms with van der Waals surface area (Å²) in [5, 5.41) is 2.49. The van der Waals surface area contributed by atoms with Gasteiger partial charge in [0.05, 0.1) is 37.5 Å².